The minimum atomic E-state index is -0.840. The van der Waals surface area contributed by atoms with Crippen molar-refractivity contribution in [2.75, 3.05) is 17.2 Å². The van der Waals surface area contributed by atoms with Gasteiger partial charge in [-0.05, 0) is 31.5 Å². The molecule has 0 fully saturated rings. The molecule has 0 aliphatic heterocycles. The molecule has 0 unspecified atom stereocenters. The van der Waals surface area contributed by atoms with Gasteiger partial charge in [-0.1, -0.05) is 6.07 Å². The van der Waals surface area contributed by atoms with Crippen molar-refractivity contribution in [3.63, 3.8) is 0 Å². The van der Waals surface area contributed by atoms with E-state index in [1.54, 1.807) is 19.9 Å². The molecule has 2 rings (SSSR count). The Bertz CT molecular complexity index is 629. The molecule has 0 bridgehead atoms. The van der Waals surface area contributed by atoms with Crippen molar-refractivity contribution in [1.82, 2.24) is 4.98 Å². The largest absolute Gasteiger partial charge is 0.368 e. The molecule has 0 saturated carbocycles. The lowest BCUT2D eigenvalue weighted by atomic mass is 10.2. The molecular formula is C14H14F3N3. The van der Waals surface area contributed by atoms with E-state index in [0.29, 0.717) is 12.2 Å². The molecule has 0 radical (unpaired) electrons. The van der Waals surface area contributed by atoms with Gasteiger partial charge in [-0.15, -0.1) is 0 Å². The molecule has 6 heteroatoms. The molecular weight excluding hydrogens is 267 g/mol. The van der Waals surface area contributed by atoms with E-state index in [1.807, 2.05) is 0 Å². The van der Waals surface area contributed by atoms with Gasteiger partial charge in [-0.3, -0.25) is 0 Å². The summed E-state index contributed by atoms with van der Waals surface area (Å²) in [4.78, 5) is 3.83. The van der Waals surface area contributed by atoms with E-state index in [2.05, 4.69) is 15.6 Å². The number of aryl methyl sites for hydroxylation is 1. The highest BCUT2D eigenvalue weighted by atomic mass is 19.1. The van der Waals surface area contributed by atoms with E-state index >= 15 is 0 Å². The molecule has 1 aromatic carbocycles. The monoisotopic (exact) mass is 281 g/mol. The summed E-state index contributed by atoms with van der Waals surface area (Å²) in [5, 5.41) is 5.36. The highest BCUT2D eigenvalue weighted by Gasteiger charge is 2.12. The highest BCUT2D eigenvalue weighted by molar-refractivity contribution is 5.62. The molecule has 0 spiro atoms. The lowest BCUT2D eigenvalue weighted by molar-refractivity contribution is 0.579. The van der Waals surface area contributed by atoms with Gasteiger partial charge in [0.1, 0.15) is 5.82 Å². The minimum absolute atomic E-state index is 0.0505. The number of hydrogen-bond acceptors (Lipinski definition) is 3. The number of benzene rings is 1. The van der Waals surface area contributed by atoms with Gasteiger partial charge in [0.05, 0.1) is 0 Å². The zero-order chi connectivity index (χ0) is 14.7. The Morgan fingerprint density at radius 1 is 1.05 bits per heavy atom. The van der Waals surface area contributed by atoms with Crippen molar-refractivity contribution < 1.29 is 13.2 Å². The second-order valence-corrected chi connectivity index (χ2v) is 4.26. The van der Waals surface area contributed by atoms with E-state index in [9.17, 15) is 13.2 Å². The first-order chi connectivity index (χ1) is 9.51. The maximum Gasteiger partial charge on any atom is 0.169 e. The van der Waals surface area contributed by atoms with Crippen LogP contribution < -0.4 is 10.6 Å². The van der Waals surface area contributed by atoms with E-state index in [-0.39, 0.29) is 11.6 Å². The number of hydrogen-bond donors (Lipinski definition) is 2. The van der Waals surface area contributed by atoms with Crippen LogP contribution in [-0.4, -0.2) is 11.5 Å². The van der Waals surface area contributed by atoms with Crippen LogP contribution in [0.4, 0.5) is 30.5 Å². The van der Waals surface area contributed by atoms with E-state index in [0.717, 1.165) is 11.6 Å². The van der Waals surface area contributed by atoms with Gasteiger partial charge >= 0.3 is 0 Å². The Hall–Kier alpha value is -2.24. The lowest BCUT2D eigenvalue weighted by Crippen LogP contribution is -2.07. The molecule has 2 aromatic rings. The third-order valence-electron chi connectivity index (χ3n) is 2.73. The van der Waals surface area contributed by atoms with Crippen molar-refractivity contribution in [3.05, 3.63) is 47.3 Å². The fourth-order valence-electron chi connectivity index (χ4n) is 1.70. The molecule has 0 atom stereocenters. The highest BCUT2D eigenvalue weighted by Crippen LogP contribution is 2.25. The molecule has 2 N–H and O–H groups in total. The van der Waals surface area contributed by atoms with Crippen molar-refractivity contribution >= 4 is 17.3 Å². The average molecular weight is 281 g/mol. The maximum absolute atomic E-state index is 13.7. The van der Waals surface area contributed by atoms with Crippen LogP contribution in [0.5, 0.6) is 0 Å². The predicted octanol–water partition coefficient (Wildman–Crippen LogP) is 3.98. The Kier molecular flexibility index (Phi) is 4.12. The van der Waals surface area contributed by atoms with Gasteiger partial charge in [-0.25, -0.2) is 18.2 Å². The van der Waals surface area contributed by atoms with Crippen molar-refractivity contribution in [3.8, 4) is 0 Å². The Morgan fingerprint density at radius 3 is 2.45 bits per heavy atom. The van der Waals surface area contributed by atoms with Gasteiger partial charge in [0.15, 0.2) is 23.3 Å². The summed E-state index contributed by atoms with van der Waals surface area (Å²) in [5.41, 5.74) is 1.10. The Morgan fingerprint density at radius 2 is 1.75 bits per heavy atom. The van der Waals surface area contributed by atoms with Crippen LogP contribution >= 0.6 is 0 Å². The van der Waals surface area contributed by atoms with Crippen molar-refractivity contribution in [1.29, 1.82) is 0 Å². The average Bonchev–Trinajstić information content (AvgIpc) is 2.39. The minimum Gasteiger partial charge on any atom is -0.368 e. The van der Waals surface area contributed by atoms with Crippen LogP contribution in [-0.2, 0) is 0 Å². The molecule has 1 aromatic heterocycles. The number of halogens is 3. The zero-order valence-corrected chi connectivity index (χ0v) is 11.1. The predicted molar refractivity (Wildman–Crippen MR) is 72.7 cm³/mol. The third kappa shape index (κ3) is 3.01. The van der Waals surface area contributed by atoms with E-state index < -0.39 is 17.5 Å². The van der Waals surface area contributed by atoms with Crippen molar-refractivity contribution in [2.45, 2.75) is 13.8 Å². The SMILES string of the molecule is CCNc1nc(Nc2cc(F)ccc2C)c(F)cc1F. The Balaban J connectivity index is 2.37. The van der Waals surface area contributed by atoms with Gasteiger partial charge < -0.3 is 10.6 Å². The lowest BCUT2D eigenvalue weighted by Gasteiger charge is -2.12. The van der Waals surface area contributed by atoms with Crippen LogP contribution in [0, 0.1) is 24.4 Å². The summed E-state index contributed by atoms with van der Waals surface area (Å²) in [6.45, 7) is 3.97. The summed E-state index contributed by atoms with van der Waals surface area (Å²) in [7, 11) is 0. The molecule has 3 nitrogen and oxygen atoms in total. The molecule has 106 valence electrons. The molecule has 1 heterocycles. The van der Waals surface area contributed by atoms with Crippen LogP contribution in [0.2, 0.25) is 0 Å². The van der Waals surface area contributed by atoms with Gasteiger partial charge in [0, 0.05) is 18.3 Å². The Labute approximate surface area is 114 Å². The summed E-state index contributed by atoms with van der Waals surface area (Å²) in [6, 6.07) is 4.83. The molecule has 0 aliphatic rings. The molecule has 20 heavy (non-hydrogen) atoms. The normalized spacial score (nSPS) is 10.4. The van der Waals surface area contributed by atoms with Gasteiger partial charge in [-0.2, -0.15) is 0 Å². The van der Waals surface area contributed by atoms with E-state index in [1.165, 1.54) is 12.1 Å². The van der Waals surface area contributed by atoms with Crippen LogP contribution in [0.3, 0.4) is 0 Å². The second-order valence-electron chi connectivity index (χ2n) is 4.26. The number of nitrogens with zero attached hydrogens (tertiary/aromatic N) is 1. The van der Waals surface area contributed by atoms with E-state index in [4.69, 9.17) is 0 Å². The second kappa shape index (κ2) is 5.81. The van der Waals surface area contributed by atoms with Crippen molar-refractivity contribution in [2.24, 2.45) is 0 Å². The summed E-state index contributed by atoms with van der Waals surface area (Å²) < 4.78 is 40.3. The van der Waals surface area contributed by atoms with Gasteiger partial charge in [0.25, 0.3) is 0 Å². The van der Waals surface area contributed by atoms with Crippen LogP contribution in [0.15, 0.2) is 24.3 Å². The molecule has 0 saturated heterocycles. The number of rotatable bonds is 4. The summed E-state index contributed by atoms with van der Waals surface area (Å²) in [6.07, 6.45) is 0. The van der Waals surface area contributed by atoms with Crippen LogP contribution in [0.25, 0.3) is 0 Å². The number of aromatic nitrogens is 1. The third-order valence-corrected chi connectivity index (χ3v) is 2.73. The first-order valence-corrected chi connectivity index (χ1v) is 6.14. The van der Waals surface area contributed by atoms with Crippen LogP contribution in [0.1, 0.15) is 12.5 Å². The summed E-state index contributed by atoms with van der Waals surface area (Å²) in [5.74, 6) is -2.27. The van der Waals surface area contributed by atoms with Gasteiger partial charge in [0.2, 0.25) is 0 Å². The topological polar surface area (TPSA) is 37.0 Å². The fraction of sp³-hybridized carbons (Fsp3) is 0.214. The zero-order valence-electron chi connectivity index (χ0n) is 11.1. The summed E-state index contributed by atoms with van der Waals surface area (Å²) >= 11 is 0. The number of anilines is 3. The number of nitrogens with one attached hydrogen (secondary N) is 2. The first-order valence-electron chi connectivity index (χ1n) is 6.14. The fourth-order valence-corrected chi connectivity index (χ4v) is 1.70. The molecule has 0 aliphatic carbocycles. The maximum atomic E-state index is 13.7. The quantitative estimate of drug-likeness (QED) is 0.890. The molecule has 0 amide bonds. The smallest absolute Gasteiger partial charge is 0.169 e. The number of pyridine rings is 1. The first kappa shape index (κ1) is 14.2. The standard InChI is InChI=1S/C14H14F3N3/c1-3-18-13-10(16)7-11(17)14(20-13)19-12-6-9(15)5-4-8(12)2/h4-7H,3H2,1-2H3,(H2,18,19,20).